The first-order valence-electron chi connectivity index (χ1n) is 3.67. The standard InChI is InChI=1S/C9H3F3N2S/c10-9(11,12)7-1-6(4-13)2-8(3-7)14-5-15/h1-3H. The topological polar surface area (TPSA) is 36.1 Å². The van der Waals surface area contributed by atoms with Crippen LogP contribution in [0.4, 0.5) is 18.9 Å². The quantitative estimate of drug-likeness (QED) is 0.546. The zero-order valence-corrected chi connectivity index (χ0v) is 7.99. The summed E-state index contributed by atoms with van der Waals surface area (Å²) in [5, 5.41) is 10.5. The highest BCUT2D eigenvalue weighted by atomic mass is 32.1. The molecule has 0 aliphatic rings. The maximum Gasteiger partial charge on any atom is 0.416 e. The Labute approximate surface area is 88.7 Å². The van der Waals surface area contributed by atoms with Gasteiger partial charge in [-0.1, -0.05) is 0 Å². The van der Waals surface area contributed by atoms with Crippen molar-refractivity contribution in [1.29, 1.82) is 5.26 Å². The van der Waals surface area contributed by atoms with E-state index in [0.717, 1.165) is 12.1 Å². The normalized spacial score (nSPS) is 10.3. The van der Waals surface area contributed by atoms with Crippen LogP contribution in [0.2, 0.25) is 0 Å². The van der Waals surface area contributed by atoms with E-state index in [1.807, 2.05) is 5.16 Å². The van der Waals surface area contributed by atoms with E-state index >= 15 is 0 Å². The molecule has 0 heterocycles. The first-order chi connectivity index (χ1) is 6.97. The van der Waals surface area contributed by atoms with Gasteiger partial charge in [0.15, 0.2) is 0 Å². The lowest BCUT2D eigenvalue weighted by Crippen LogP contribution is -2.04. The second kappa shape index (κ2) is 4.22. The average molecular weight is 228 g/mol. The van der Waals surface area contributed by atoms with Gasteiger partial charge in [-0.05, 0) is 30.4 Å². The third-order valence-electron chi connectivity index (χ3n) is 1.55. The molecule has 0 aromatic heterocycles. The Hall–Kier alpha value is -1.70. The fourth-order valence-corrected chi connectivity index (χ4v) is 1.06. The number of nitrogens with zero attached hydrogens (tertiary/aromatic N) is 2. The van der Waals surface area contributed by atoms with Crippen molar-refractivity contribution >= 4 is 23.1 Å². The van der Waals surface area contributed by atoms with Gasteiger partial charge in [0.1, 0.15) is 0 Å². The van der Waals surface area contributed by atoms with Crippen LogP contribution >= 0.6 is 12.2 Å². The Morgan fingerprint density at radius 3 is 2.40 bits per heavy atom. The summed E-state index contributed by atoms with van der Waals surface area (Å²) in [7, 11) is 0. The van der Waals surface area contributed by atoms with Crippen molar-refractivity contribution in [2.75, 3.05) is 0 Å². The van der Waals surface area contributed by atoms with Gasteiger partial charge >= 0.3 is 6.18 Å². The number of nitriles is 1. The minimum absolute atomic E-state index is 0.0311. The molecule has 6 heteroatoms. The number of alkyl halides is 3. The summed E-state index contributed by atoms with van der Waals surface area (Å²) >= 11 is 4.27. The maximum atomic E-state index is 12.3. The second-order valence-electron chi connectivity index (χ2n) is 2.58. The minimum Gasteiger partial charge on any atom is -0.195 e. The van der Waals surface area contributed by atoms with E-state index in [0.29, 0.717) is 0 Å². The molecule has 2 nitrogen and oxygen atoms in total. The van der Waals surface area contributed by atoms with Crippen LogP contribution in [0.3, 0.4) is 0 Å². The molecular formula is C9H3F3N2S. The molecule has 0 saturated heterocycles. The predicted molar refractivity (Wildman–Crippen MR) is 50.8 cm³/mol. The van der Waals surface area contributed by atoms with E-state index < -0.39 is 11.7 Å². The highest BCUT2D eigenvalue weighted by Crippen LogP contribution is 2.32. The van der Waals surface area contributed by atoms with Crippen LogP contribution in [0, 0.1) is 11.3 Å². The van der Waals surface area contributed by atoms with Gasteiger partial charge in [0.25, 0.3) is 0 Å². The van der Waals surface area contributed by atoms with Gasteiger partial charge in [0.05, 0.1) is 28.0 Å². The van der Waals surface area contributed by atoms with Crippen LogP contribution in [0.5, 0.6) is 0 Å². The number of rotatable bonds is 1. The molecule has 0 saturated carbocycles. The highest BCUT2D eigenvalue weighted by Gasteiger charge is 2.31. The van der Waals surface area contributed by atoms with E-state index in [9.17, 15) is 13.2 Å². The summed E-state index contributed by atoms with van der Waals surface area (Å²) in [5.41, 5.74) is -1.07. The summed E-state index contributed by atoms with van der Waals surface area (Å²) in [4.78, 5) is 3.40. The van der Waals surface area contributed by atoms with Crippen LogP contribution in [-0.2, 0) is 6.18 Å². The smallest absolute Gasteiger partial charge is 0.195 e. The van der Waals surface area contributed by atoms with Crippen molar-refractivity contribution < 1.29 is 13.2 Å². The van der Waals surface area contributed by atoms with Crippen LogP contribution in [-0.4, -0.2) is 5.16 Å². The van der Waals surface area contributed by atoms with Crippen LogP contribution < -0.4 is 0 Å². The third-order valence-corrected chi connectivity index (χ3v) is 1.64. The molecule has 0 spiro atoms. The lowest BCUT2D eigenvalue weighted by atomic mass is 10.1. The predicted octanol–water partition coefficient (Wildman–Crippen LogP) is 3.31. The second-order valence-corrected chi connectivity index (χ2v) is 2.76. The molecule has 0 bridgehead atoms. The van der Waals surface area contributed by atoms with Gasteiger partial charge in [0, 0.05) is 0 Å². The van der Waals surface area contributed by atoms with Crippen molar-refractivity contribution in [3.8, 4) is 6.07 Å². The van der Waals surface area contributed by atoms with Gasteiger partial charge in [0.2, 0.25) is 0 Å². The molecule has 76 valence electrons. The number of hydrogen-bond acceptors (Lipinski definition) is 3. The molecule has 0 fully saturated rings. The maximum absolute atomic E-state index is 12.3. The van der Waals surface area contributed by atoms with Crippen molar-refractivity contribution in [2.45, 2.75) is 6.18 Å². The number of thiocarbonyl (C=S) groups is 1. The largest absolute Gasteiger partial charge is 0.416 e. The van der Waals surface area contributed by atoms with Gasteiger partial charge in [-0.2, -0.15) is 23.4 Å². The summed E-state index contributed by atoms with van der Waals surface area (Å²) in [5.74, 6) is 0. The Morgan fingerprint density at radius 1 is 1.27 bits per heavy atom. The Kier molecular flexibility index (Phi) is 3.20. The number of aliphatic imine (C=N–C) groups is 1. The Morgan fingerprint density at radius 2 is 1.93 bits per heavy atom. The number of hydrogen-bond donors (Lipinski definition) is 0. The molecule has 0 aliphatic heterocycles. The fourth-order valence-electron chi connectivity index (χ4n) is 0.957. The molecule has 1 aromatic rings. The molecule has 1 aromatic carbocycles. The van der Waals surface area contributed by atoms with Gasteiger partial charge < -0.3 is 0 Å². The van der Waals surface area contributed by atoms with E-state index in [1.165, 1.54) is 6.07 Å². The lowest BCUT2D eigenvalue weighted by molar-refractivity contribution is -0.137. The SMILES string of the molecule is N#Cc1cc(N=C=S)cc(C(F)(F)F)c1. The first-order valence-corrected chi connectivity index (χ1v) is 4.08. The van der Waals surface area contributed by atoms with E-state index in [-0.39, 0.29) is 11.3 Å². The number of halogens is 3. The molecule has 0 atom stereocenters. The van der Waals surface area contributed by atoms with Crippen molar-refractivity contribution in [1.82, 2.24) is 0 Å². The molecule has 0 aliphatic carbocycles. The molecule has 15 heavy (non-hydrogen) atoms. The highest BCUT2D eigenvalue weighted by molar-refractivity contribution is 7.78. The van der Waals surface area contributed by atoms with E-state index in [1.54, 1.807) is 6.07 Å². The van der Waals surface area contributed by atoms with Gasteiger partial charge in [-0.3, -0.25) is 0 Å². The number of benzene rings is 1. The van der Waals surface area contributed by atoms with Gasteiger partial charge in [-0.15, -0.1) is 0 Å². The first kappa shape index (κ1) is 11.4. The summed E-state index contributed by atoms with van der Waals surface area (Å²) in [6, 6.07) is 4.38. The molecule has 0 amide bonds. The summed E-state index contributed by atoms with van der Waals surface area (Å²) in [6.07, 6.45) is -4.50. The monoisotopic (exact) mass is 228 g/mol. The van der Waals surface area contributed by atoms with Crippen LogP contribution in [0.1, 0.15) is 11.1 Å². The van der Waals surface area contributed by atoms with Crippen LogP contribution in [0.15, 0.2) is 23.2 Å². The molecule has 0 radical (unpaired) electrons. The lowest BCUT2D eigenvalue weighted by Gasteiger charge is -2.06. The molecule has 0 N–H and O–H groups in total. The fraction of sp³-hybridized carbons (Fsp3) is 0.111. The van der Waals surface area contributed by atoms with E-state index in [2.05, 4.69) is 17.2 Å². The van der Waals surface area contributed by atoms with Gasteiger partial charge in [-0.25, -0.2) is 0 Å². The zero-order valence-electron chi connectivity index (χ0n) is 7.17. The molecular weight excluding hydrogens is 225 g/mol. The van der Waals surface area contributed by atoms with Crippen molar-refractivity contribution in [3.05, 3.63) is 29.3 Å². The zero-order chi connectivity index (χ0) is 11.5. The van der Waals surface area contributed by atoms with Crippen LogP contribution in [0.25, 0.3) is 0 Å². The molecule has 1 rings (SSSR count). The minimum atomic E-state index is -4.50. The van der Waals surface area contributed by atoms with E-state index in [4.69, 9.17) is 5.26 Å². The number of isothiocyanates is 1. The van der Waals surface area contributed by atoms with Crippen molar-refractivity contribution in [2.24, 2.45) is 4.99 Å². The Bertz CT molecular complexity index is 467. The molecule has 0 unspecified atom stereocenters. The third kappa shape index (κ3) is 2.88. The summed E-state index contributed by atoms with van der Waals surface area (Å²) < 4.78 is 37.0. The Balaban J connectivity index is 3.37. The average Bonchev–Trinajstić information content (AvgIpc) is 2.16. The summed E-state index contributed by atoms with van der Waals surface area (Å²) in [6.45, 7) is 0. The van der Waals surface area contributed by atoms with Crippen molar-refractivity contribution in [3.63, 3.8) is 0 Å².